The van der Waals surface area contributed by atoms with Crippen molar-refractivity contribution in [2.75, 3.05) is 31.1 Å². The summed E-state index contributed by atoms with van der Waals surface area (Å²) in [5.41, 5.74) is 0.395. The summed E-state index contributed by atoms with van der Waals surface area (Å²) in [4.78, 5) is 13.6. The zero-order valence-corrected chi connectivity index (χ0v) is 24.6. The average Bonchev–Trinajstić information content (AvgIpc) is 3.65. The van der Waals surface area contributed by atoms with Gasteiger partial charge in [-0.2, -0.15) is 0 Å². The number of fused-ring (bicyclic) bond motifs is 5. The molecule has 0 amide bonds. The molecule has 4 atom stereocenters. The van der Waals surface area contributed by atoms with Crippen molar-refractivity contribution in [3.63, 3.8) is 0 Å². The lowest BCUT2D eigenvalue weighted by Crippen LogP contribution is -2.51. The molecule has 2 bridgehead atoms. The number of phenolic OH excluding ortho intramolecular Hbond substituents is 1. The van der Waals surface area contributed by atoms with Gasteiger partial charge in [0.05, 0.1) is 11.1 Å². The second-order valence-electron chi connectivity index (χ2n) is 12.9. The molecule has 9 heteroatoms. The number of benzene rings is 3. The number of halogens is 3. The quantitative estimate of drug-likeness (QED) is 0.289. The largest absolute Gasteiger partial charge is 0.508 e. The van der Waals surface area contributed by atoms with Crippen molar-refractivity contribution in [1.29, 1.82) is 0 Å². The standard InChI is InChI=1S/C35H34F3N5O/c1-2-20-5-3-6-21-13-25(44)14-26(30(20)21)31-28(37)15-27-33(32(31)38)40-29(9-11-35-10-4-12-43(35)17-22(36)16-35)41-34(27)42-18-23-7-8-24(19-42)39-23/h3,5-6,13-15,22-24,39,44H,2,4,7-8,10,12,16-19H2,1H3/t22-,23?,24?,35?/m1/s1. The van der Waals surface area contributed by atoms with Crippen molar-refractivity contribution in [3.8, 4) is 28.7 Å². The predicted molar refractivity (Wildman–Crippen MR) is 166 cm³/mol. The summed E-state index contributed by atoms with van der Waals surface area (Å²) in [6.07, 6.45) is 3.87. The van der Waals surface area contributed by atoms with Gasteiger partial charge in [0, 0.05) is 43.5 Å². The van der Waals surface area contributed by atoms with E-state index in [1.807, 2.05) is 25.1 Å². The molecule has 2 N–H and O–H groups in total. The first-order chi connectivity index (χ1) is 21.3. The number of aromatic hydroxyl groups is 1. The minimum atomic E-state index is -0.929. The Morgan fingerprint density at radius 1 is 1.09 bits per heavy atom. The van der Waals surface area contributed by atoms with Crippen molar-refractivity contribution in [3.05, 3.63) is 59.4 Å². The molecule has 3 unspecified atom stereocenters. The van der Waals surface area contributed by atoms with E-state index in [1.165, 1.54) is 12.1 Å². The maximum Gasteiger partial charge on any atom is 0.207 e. The Balaban J connectivity index is 1.35. The first-order valence-corrected chi connectivity index (χ1v) is 15.7. The van der Waals surface area contributed by atoms with Crippen LogP contribution in [0.2, 0.25) is 0 Å². The number of aromatic nitrogens is 2. The van der Waals surface area contributed by atoms with Gasteiger partial charge >= 0.3 is 0 Å². The van der Waals surface area contributed by atoms with Crippen LogP contribution in [-0.4, -0.2) is 69.9 Å². The number of hydrogen-bond acceptors (Lipinski definition) is 6. The van der Waals surface area contributed by atoms with Crippen LogP contribution in [0.3, 0.4) is 0 Å². The molecule has 3 aromatic carbocycles. The van der Waals surface area contributed by atoms with Gasteiger partial charge in [-0.3, -0.25) is 4.90 Å². The minimum Gasteiger partial charge on any atom is -0.508 e. The maximum atomic E-state index is 16.9. The lowest BCUT2D eigenvalue weighted by atomic mass is 9.92. The van der Waals surface area contributed by atoms with E-state index < -0.39 is 23.3 Å². The van der Waals surface area contributed by atoms with E-state index in [0.29, 0.717) is 54.5 Å². The average molecular weight is 598 g/mol. The summed E-state index contributed by atoms with van der Waals surface area (Å²) in [6, 6.07) is 10.6. The zero-order chi connectivity index (χ0) is 30.2. The number of nitrogens with zero attached hydrogens (tertiary/aromatic N) is 4. The van der Waals surface area contributed by atoms with Gasteiger partial charge in [-0.1, -0.05) is 31.0 Å². The highest BCUT2D eigenvalue weighted by Gasteiger charge is 2.47. The Morgan fingerprint density at radius 3 is 2.70 bits per heavy atom. The van der Waals surface area contributed by atoms with Gasteiger partial charge in [-0.25, -0.2) is 23.1 Å². The van der Waals surface area contributed by atoms with Crippen molar-refractivity contribution in [2.45, 2.75) is 69.2 Å². The SMILES string of the molecule is CCc1cccc2cc(O)cc(-c3c(F)cc4c(N5CC6CCC(C5)N6)nc(C#CC56CCCN5C[C@H](F)C6)nc4c3F)c12. The normalized spacial score (nSPS) is 26.4. The first kappa shape index (κ1) is 27.7. The Hall–Kier alpha value is -3.87. The highest BCUT2D eigenvalue weighted by atomic mass is 19.1. The van der Waals surface area contributed by atoms with Crippen molar-refractivity contribution < 1.29 is 18.3 Å². The molecule has 44 heavy (non-hydrogen) atoms. The molecule has 6 nitrogen and oxygen atoms in total. The van der Waals surface area contributed by atoms with Crippen LogP contribution in [0.15, 0.2) is 36.4 Å². The molecule has 4 aliphatic heterocycles. The summed E-state index contributed by atoms with van der Waals surface area (Å²) in [5, 5.41) is 15.9. The Morgan fingerprint density at radius 2 is 1.91 bits per heavy atom. The minimum absolute atomic E-state index is 0.0115. The molecule has 0 aliphatic carbocycles. The molecule has 4 aliphatic rings. The molecule has 8 rings (SSSR count). The van der Waals surface area contributed by atoms with Gasteiger partial charge < -0.3 is 15.3 Å². The van der Waals surface area contributed by atoms with Gasteiger partial charge in [0.2, 0.25) is 5.82 Å². The molecule has 0 spiro atoms. The summed E-state index contributed by atoms with van der Waals surface area (Å²) in [5.74, 6) is 5.40. The van der Waals surface area contributed by atoms with E-state index in [9.17, 15) is 9.50 Å². The zero-order valence-electron chi connectivity index (χ0n) is 24.6. The van der Waals surface area contributed by atoms with Crippen LogP contribution in [0.5, 0.6) is 5.75 Å². The van der Waals surface area contributed by atoms with E-state index in [1.54, 1.807) is 6.07 Å². The van der Waals surface area contributed by atoms with Crippen molar-refractivity contribution in [1.82, 2.24) is 20.2 Å². The maximum absolute atomic E-state index is 16.9. The van der Waals surface area contributed by atoms with Gasteiger partial charge in [-0.15, -0.1) is 0 Å². The van der Waals surface area contributed by atoms with Gasteiger partial charge in [-0.05, 0) is 84.7 Å². The smallest absolute Gasteiger partial charge is 0.207 e. The van der Waals surface area contributed by atoms with E-state index in [-0.39, 0.29) is 40.3 Å². The van der Waals surface area contributed by atoms with Gasteiger partial charge in [0.15, 0.2) is 5.82 Å². The number of anilines is 1. The van der Waals surface area contributed by atoms with Crippen LogP contribution in [0.4, 0.5) is 19.0 Å². The van der Waals surface area contributed by atoms with Crippen molar-refractivity contribution >= 4 is 27.5 Å². The fraction of sp³-hybridized carbons (Fsp3) is 0.429. The Kier molecular flexibility index (Phi) is 6.51. The van der Waals surface area contributed by atoms with Crippen LogP contribution in [0.1, 0.15) is 50.4 Å². The summed E-state index contributed by atoms with van der Waals surface area (Å²) < 4.78 is 47.5. The number of hydrogen-bond donors (Lipinski definition) is 2. The van der Waals surface area contributed by atoms with Crippen LogP contribution >= 0.6 is 0 Å². The van der Waals surface area contributed by atoms with Gasteiger partial charge in [0.1, 0.15) is 29.1 Å². The van der Waals surface area contributed by atoms with E-state index >= 15 is 8.78 Å². The number of aryl methyl sites for hydroxylation is 1. The molecule has 0 radical (unpaired) electrons. The molecule has 4 aromatic rings. The second kappa shape index (κ2) is 10.4. The molecule has 226 valence electrons. The molecule has 1 aromatic heterocycles. The highest BCUT2D eigenvalue weighted by molar-refractivity contribution is 6.03. The summed E-state index contributed by atoms with van der Waals surface area (Å²) in [7, 11) is 0. The van der Waals surface area contributed by atoms with Crippen LogP contribution in [0.25, 0.3) is 32.8 Å². The third kappa shape index (κ3) is 4.41. The number of rotatable bonds is 3. The second-order valence-corrected chi connectivity index (χ2v) is 12.9. The van der Waals surface area contributed by atoms with Crippen molar-refractivity contribution in [2.24, 2.45) is 0 Å². The predicted octanol–water partition coefficient (Wildman–Crippen LogP) is 5.86. The molecule has 0 saturated carbocycles. The Labute approximate surface area is 254 Å². The van der Waals surface area contributed by atoms with E-state index in [4.69, 9.17) is 4.98 Å². The highest BCUT2D eigenvalue weighted by Crippen LogP contribution is 2.42. The topological polar surface area (TPSA) is 64.5 Å². The molecular formula is C35H34F3N5O. The third-order valence-corrected chi connectivity index (χ3v) is 10.1. The molecule has 4 saturated heterocycles. The Bertz CT molecular complexity index is 1870. The number of alkyl halides is 1. The van der Waals surface area contributed by atoms with Crippen LogP contribution in [0, 0.1) is 23.5 Å². The van der Waals surface area contributed by atoms with E-state index in [0.717, 1.165) is 37.8 Å². The number of phenols is 1. The molecule has 4 fully saturated rings. The number of piperazine rings is 1. The van der Waals surface area contributed by atoms with Gasteiger partial charge in [0.25, 0.3) is 0 Å². The van der Waals surface area contributed by atoms with E-state index in [2.05, 4.69) is 31.9 Å². The third-order valence-electron chi connectivity index (χ3n) is 10.1. The fourth-order valence-electron chi connectivity index (χ4n) is 8.14. The molecule has 5 heterocycles. The first-order valence-electron chi connectivity index (χ1n) is 15.7. The summed E-state index contributed by atoms with van der Waals surface area (Å²) in [6.45, 7) is 4.50. The molecular weight excluding hydrogens is 563 g/mol. The van der Waals surface area contributed by atoms with Crippen LogP contribution in [-0.2, 0) is 6.42 Å². The van der Waals surface area contributed by atoms with Crippen LogP contribution < -0.4 is 10.2 Å². The monoisotopic (exact) mass is 597 g/mol. The summed E-state index contributed by atoms with van der Waals surface area (Å²) >= 11 is 0. The lowest BCUT2D eigenvalue weighted by Gasteiger charge is -2.34. The lowest BCUT2D eigenvalue weighted by molar-refractivity contribution is 0.255. The number of nitrogens with one attached hydrogen (secondary N) is 1. The fourth-order valence-corrected chi connectivity index (χ4v) is 8.14.